The molecule has 66 valence electrons. The van der Waals surface area contributed by atoms with Gasteiger partial charge >= 0.3 is 0 Å². The molecule has 0 aliphatic heterocycles. The van der Waals surface area contributed by atoms with Crippen LogP contribution in [0.1, 0.15) is 0 Å². The van der Waals surface area contributed by atoms with Crippen LogP contribution in [-0.2, 0) is 0 Å². The first-order valence-electron chi connectivity index (χ1n) is 3.70. The lowest BCUT2D eigenvalue weighted by molar-refractivity contribution is 0.393. The van der Waals surface area contributed by atoms with Gasteiger partial charge in [-0.25, -0.2) is 0 Å². The lowest BCUT2D eigenvalue weighted by Gasteiger charge is -2.03. The Balaban J connectivity index is 2.59. The third-order valence-electron chi connectivity index (χ3n) is 1.78. The molecular formula is C8H8N4O. The fourth-order valence-corrected chi connectivity index (χ4v) is 1.09. The predicted octanol–water partition coefficient (Wildman–Crippen LogP) is 0.901. The normalized spacial score (nSPS) is 10.2. The first kappa shape index (κ1) is 7.60. The van der Waals surface area contributed by atoms with Crippen LogP contribution in [-0.4, -0.2) is 10.4 Å². The number of hydrogen-bond donors (Lipinski definition) is 2. The third kappa shape index (κ3) is 1.20. The van der Waals surface area contributed by atoms with Crippen LogP contribution in [0, 0.1) is 0 Å². The fourth-order valence-electron chi connectivity index (χ4n) is 1.09. The first-order chi connectivity index (χ1) is 6.29. The maximum absolute atomic E-state index is 5.74. The van der Waals surface area contributed by atoms with E-state index in [0.29, 0.717) is 17.1 Å². The van der Waals surface area contributed by atoms with Gasteiger partial charge < -0.3 is 16.0 Å². The third-order valence-corrected chi connectivity index (χ3v) is 1.78. The van der Waals surface area contributed by atoms with Crippen molar-refractivity contribution in [1.82, 2.24) is 10.4 Å². The Bertz CT molecular complexity index is 410. The van der Waals surface area contributed by atoms with Gasteiger partial charge in [0.05, 0.1) is 11.4 Å². The van der Waals surface area contributed by atoms with Crippen LogP contribution in [0.15, 0.2) is 29.0 Å². The highest BCUT2D eigenvalue weighted by Gasteiger charge is 2.07. The Morgan fingerprint density at radius 3 is 2.77 bits per heavy atom. The van der Waals surface area contributed by atoms with Crippen LogP contribution < -0.4 is 11.5 Å². The molecule has 0 atom stereocenters. The molecule has 0 aliphatic carbocycles. The van der Waals surface area contributed by atoms with Gasteiger partial charge in [0, 0.05) is 10.8 Å². The van der Waals surface area contributed by atoms with E-state index in [1.54, 1.807) is 12.1 Å². The highest BCUT2D eigenvalue weighted by atomic mass is 16.5. The van der Waals surface area contributed by atoms with Gasteiger partial charge in [0.1, 0.15) is 5.69 Å². The fraction of sp³-hybridized carbons (Fsp3) is 0. The van der Waals surface area contributed by atoms with Crippen molar-refractivity contribution in [3.8, 4) is 11.3 Å². The number of rotatable bonds is 1. The zero-order valence-electron chi connectivity index (χ0n) is 6.77. The van der Waals surface area contributed by atoms with Gasteiger partial charge in [-0.15, -0.1) is 5.10 Å². The average molecular weight is 176 g/mol. The van der Waals surface area contributed by atoms with Crippen molar-refractivity contribution in [1.29, 1.82) is 0 Å². The van der Waals surface area contributed by atoms with Gasteiger partial charge in [-0.3, -0.25) is 0 Å². The van der Waals surface area contributed by atoms with Crippen molar-refractivity contribution in [3.63, 3.8) is 0 Å². The van der Waals surface area contributed by atoms with Gasteiger partial charge in [0.25, 0.3) is 0 Å². The number of para-hydroxylation sites is 1. The van der Waals surface area contributed by atoms with Crippen LogP contribution in [0.5, 0.6) is 0 Å². The van der Waals surface area contributed by atoms with Crippen molar-refractivity contribution in [2.45, 2.75) is 0 Å². The number of nitrogens with zero attached hydrogens (tertiary/aromatic N) is 2. The van der Waals surface area contributed by atoms with Crippen molar-refractivity contribution in [2.24, 2.45) is 0 Å². The summed E-state index contributed by atoms with van der Waals surface area (Å²) in [6.07, 6.45) is 1.42. The molecule has 0 bridgehead atoms. The van der Waals surface area contributed by atoms with Crippen LogP contribution in [0.25, 0.3) is 11.3 Å². The van der Waals surface area contributed by atoms with E-state index in [9.17, 15) is 0 Å². The Labute approximate surface area is 74.3 Å². The molecule has 0 spiro atoms. The minimum absolute atomic E-state index is 0.498. The van der Waals surface area contributed by atoms with Crippen LogP contribution in [0.2, 0.25) is 0 Å². The Kier molecular flexibility index (Phi) is 1.63. The van der Waals surface area contributed by atoms with E-state index in [1.807, 2.05) is 6.07 Å². The van der Waals surface area contributed by atoms with E-state index >= 15 is 0 Å². The average Bonchev–Trinajstić information content (AvgIpc) is 2.62. The molecule has 1 aromatic carbocycles. The van der Waals surface area contributed by atoms with E-state index in [-0.39, 0.29) is 0 Å². The molecule has 4 N–H and O–H groups in total. The number of benzene rings is 1. The molecule has 2 aromatic rings. The van der Waals surface area contributed by atoms with Gasteiger partial charge in [-0.1, -0.05) is 12.1 Å². The van der Waals surface area contributed by atoms with Gasteiger partial charge in [0.2, 0.25) is 0 Å². The molecule has 5 heteroatoms. The van der Waals surface area contributed by atoms with Crippen molar-refractivity contribution < 1.29 is 4.52 Å². The maximum Gasteiger partial charge on any atom is 0.152 e. The number of nitrogen functional groups attached to an aromatic ring is 2. The smallest absolute Gasteiger partial charge is 0.152 e. The quantitative estimate of drug-likeness (QED) is 0.630. The van der Waals surface area contributed by atoms with Crippen LogP contribution in [0.3, 0.4) is 0 Å². The molecule has 0 saturated heterocycles. The van der Waals surface area contributed by atoms with E-state index in [0.717, 1.165) is 5.56 Å². The summed E-state index contributed by atoms with van der Waals surface area (Å²) in [5.74, 6) is 0. The number of aromatic nitrogens is 2. The lowest BCUT2D eigenvalue weighted by Crippen LogP contribution is -1.96. The zero-order valence-corrected chi connectivity index (χ0v) is 6.77. The lowest BCUT2D eigenvalue weighted by atomic mass is 10.1. The summed E-state index contributed by atoms with van der Waals surface area (Å²) in [6, 6.07) is 5.34. The van der Waals surface area contributed by atoms with Gasteiger partial charge in [-0.2, -0.15) is 0 Å². The van der Waals surface area contributed by atoms with Gasteiger partial charge in [-0.05, 0) is 6.07 Å². The molecule has 0 amide bonds. The topological polar surface area (TPSA) is 91.0 Å². The Morgan fingerprint density at radius 2 is 2.08 bits per heavy atom. The van der Waals surface area contributed by atoms with Crippen molar-refractivity contribution in [3.05, 3.63) is 24.5 Å². The highest BCUT2D eigenvalue weighted by molar-refractivity contribution is 5.82. The highest BCUT2D eigenvalue weighted by Crippen LogP contribution is 2.27. The second-order valence-corrected chi connectivity index (χ2v) is 2.60. The monoisotopic (exact) mass is 176 g/mol. The SMILES string of the molecule is Nc1cccc(-c2conn2)c1N. The van der Waals surface area contributed by atoms with Crippen LogP contribution in [0.4, 0.5) is 11.4 Å². The number of nitrogens with two attached hydrogens (primary N) is 2. The summed E-state index contributed by atoms with van der Waals surface area (Å²) >= 11 is 0. The molecule has 0 radical (unpaired) electrons. The van der Waals surface area contributed by atoms with Gasteiger partial charge in [0.15, 0.2) is 6.26 Å². The Morgan fingerprint density at radius 1 is 1.23 bits per heavy atom. The maximum atomic E-state index is 5.74. The number of anilines is 2. The zero-order chi connectivity index (χ0) is 9.26. The molecule has 0 aliphatic rings. The largest absolute Gasteiger partial charge is 0.397 e. The molecule has 1 heterocycles. The van der Waals surface area contributed by atoms with Crippen LogP contribution >= 0.6 is 0 Å². The molecule has 0 unspecified atom stereocenters. The minimum Gasteiger partial charge on any atom is -0.397 e. The van der Waals surface area contributed by atoms with E-state index < -0.39 is 0 Å². The molecule has 0 fully saturated rings. The van der Waals surface area contributed by atoms with Crippen molar-refractivity contribution >= 4 is 11.4 Å². The molecule has 13 heavy (non-hydrogen) atoms. The summed E-state index contributed by atoms with van der Waals surface area (Å²) in [4.78, 5) is 0. The molecule has 5 nitrogen and oxygen atoms in total. The first-order valence-corrected chi connectivity index (χ1v) is 3.70. The second-order valence-electron chi connectivity index (χ2n) is 2.60. The molecular weight excluding hydrogens is 168 g/mol. The van der Waals surface area contributed by atoms with E-state index in [1.165, 1.54) is 6.26 Å². The Hall–Kier alpha value is -2.04. The minimum atomic E-state index is 0.498. The molecule has 0 saturated carbocycles. The summed E-state index contributed by atoms with van der Waals surface area (Å²) in [5, 5.41) is 7.08. The standard InChI is InChI=1S/C8H8N4O/c9-6-3-1-2-5(8(6)10)7-4-13-12-11-7/h1-4H,9-10H2. The summed E-state index contributed by atoms with van der Waals surface area (Å²) < 4.78 is 4.61. The second kappa shape index (κ2) is 2.78. The summed E-state index contributed by atoms with van der Waals surface area (Å²) in [6.45, 7) is 0. The molecule has 2 rings (SSSR count). The summed E-state index contributed by atoms with van der Waals surface area (Å²) in [5.41, 5.74) is 13.7. The summed E-state index contributed by atoms with van der Waals surface area (Å²) in [7, 11) is 0. The van der Waals surface area contributed by atoms with Crippen molar-refractivity contribution in [2.75, 3.05) is 11.5 Å². The predicted molar refractivity (Wildman–Crippen MR) is 48.6 cm³/mol. The molecule has 1 aromatic heterocycles. The van der Waals surface area contributed by atoms with E-state index in [4.69, 9.17) is 11.5 Å². The van der Waals surface area contributed by atoms with E-state index in [2.05, 4.69) is 14.9 Å². The number of hydrogen-bond acceptors (Lipinski definition) is 5.